The summed E-state index contributed by atoms with van der Waals surface area (Å²) in [5.74, 6) is 5.73. The molecular formula is C15H22N4S. The molecule has 0 spiro atoms. The van der Waals surface area contributed by atoms with Gasteiger partial charge in [0.25, 0.3) is 0 Å². The average molecular weight is 290 g/mol. The predicted octanol–water partition coefficient (Wildman–Crippen LogP) is 2.80. The number of aryl methyl sites for hydroxylation is 2. The van der Waals surface area contributed by atoms with Crippen molar-refractivity contribution in [2.75, 3.05) is 0 Å². The summed E-state index contributed by atoms with van der Waals surface area (Å²) < 4.78 is 4.07. The highest BCUT2D eigenvalue weighted by Gasteiger charge is 2.18. The molecular weight excluding hydrogens is 268 g/mol. The summed E-state index contributed by atoms with van der Waals surface area (Å²) in [6.45, 7) is 4.32. The molecule has 0 radical (unpaired) electrons. The van der Waals surface area contributed by atoms with E-state index in [0.717, 1.165) is 36.3 Å². The van der Waals surface area contributed by atoms with E-state index >= 15 is 0 Å². The Kier molecular flexibility index (Phi) is 5.64. The smallest absolute Gasteiger partial charge is 0.0804 e. The van der Waals surface area contributed by atoms with Crippen LogP contribution in [0, 0.1) is 0 Å². The number of rotatable bonds is 7. The number of nitrogens with one attached hydrogen (secondary N) is 1. The van der Waals surface area contributed by atoms with E-state index in [9.17, 15) is 0 Å². The minimum Gasteiger partial charge on any atom is -0.271 e. The van der Waals surface area contributed by atoms with Gasteiger partial charge >= 0.3 is 0 Å². The molecule has 5 heteroatoms. The van der Waals surface area contributed by atoms with Gasteiger partial charge < -0.3 is 0 Å². The maximum atomic E-state index is 5.73. The third-order valence-electron chi connectivity index (χ3n) is 3.46. The van der Waals surface area contributed by atoms with Gasteiger partial charge in [0, 0.05) is 0 Å². The molecule has 0 aliphatic rings. The maximum absolute atomic E-state index is 5.73. The molecule has 0 aliphatic heterocycles. The van der Waals surface area contributed by atoms with Crippen LogP contribution in [0.15, 0.2) is 24.3 Å². The van der Waals surface area contributed by atoms with Gasteiger partial charge in [0.1, 0.15) is 0 Å². The number of nitrogens with zero attached hydrogens (tertiary/aromatic N) is 2. The second-order valence-electron chi connectivity index (χ2n) is 4.93. The summed E-state index contributed by atoms with van der Waals surface area (Å²) in [6, 6.07) is 8.81. The second-order valence-corrected chi connectivity index (χ2v) is 5.71. The lowest BCUT2D eigenvalue weighted by Crippen LogP contribution is -2.29. The van der Waals surface area contributed by atoms with E-state index in [1.165, 1.54) is 22.7 Å². The largest absolute Gasteiger partial charge is 0.271 e. The first-order valence-corrected chi connectivity index (χ1v) is 7.90. The van der Waals surface area contributed by atoms with Crippen molar-refractivity contribution < 1.29 is 0 Å². The molecule has 1 unspecified atom stereocenters. The minimum absolute atomic E-state index is 0.0871. The molecule has 2 aromatic rings. The van der Waals surface area contributed by atoms with Gasteiger partial charge in [-0.15, -0.1) is 5.10 Å². The van der Waals surface area contributed by atoms with Gasteiger partial charge in [-0.2, -0.15) is 0 Å². The fourth-order valence-electron chi connectivity index (χ4n) is 2.26. The van der Waals surface area contributed by atoms with Crippen LogP contribution < -0.4 is 11.3 Å². The van der Waals surface area contributed by atoms with Crippen molar-refractivity contribution in [2.24, 2.45) is 5.84 Å². The van der Waals surface area contributed by atoms with Crippen molar-refractivity contribution in [3.63, 3.8) is 0 Å². The first kappa shape index (κ1) is 15.1. The molecule has 0 saturated heterocycles. The zero-order valence-electron chi connectivity index (χ0n) is 12.1. The van der Waals surface area contributed by atoms with E-state index < -0.39 is 0 Å². The molecule has 1 atom stereocenters. The highest BCUT2D eigenvalue weighted by molar-refractivity contribution is 7.05. The van der Waals surface area contributed by atoms with Gasteiger partial charge in [0.05, 0.1) is 16.6 Å². The summed E-state index contributed by atoms with van der Waals surface area (Å²) in [4.78, 5) is 1.16. The van der Waals surface area contributed by atoms with E-state index in [2.05, 4.69) is 53.1 Å². The standard InChI is InChI=1S/C15H22N4S/c1-3-5-13-15(20-19-18-13)14(17-16)10-12-8-6-11(4-2)7-9-12/h6-9,14,17H,3-5,10,16H2,1-2H3. The number of hydrogen-bond acceptors (Lipinski definition) is 5. The van der Waals surface area contributed by atoms with Crippen molar-refractivity contribution in [3.8, 4) is 0 Å². The lowest BCUT2D eigenvalue weighted by molar-refractivity contribution is 0.554. The van der Waals surface area contributed by atoms with Crippen LogP contribution in [0.1, 0.15) is 48.0 Å². The summed E-state index contributed by atoms with van der Waals surface area (Å²) in [5.41, 5.74) is 6.62. The first-order valence-electron chi connectivity index (χ1n) is 7.13. The van der Waals surface area contributed by atoms with Crippen molar-refractivity contribution in [1.29, 1.82) is 0 Å². The average Bonchev–Trinajstić information content (AvgIpc) is 2.94. The first-order chi connectivity index (χ1) is 9.78. The molecule has 0 saturated carbocycles. The molecule has 3 N–H and O–H groups in total. The fraction of sp³-hybridized carbons (Fsp3) is 0.467. The molecule has 0 aliphatic carbocycles. The lowest BCUT2D eigenvalue weighted by atomic mass is 10.0. The van der Waals surface area contributed by atoms with Crippen LogP contribution in [-0.4, -0.2) is 9.59 Å². The highest BCUT2D eigenvalue weighted by Crippen LogP contribution is 2.24. The van der Waals surface area contributed by atoms with Crippen molar-refractivity contribution in [1.82, 2.24) is 15.0 Å². The van der Waals surface area contributed by atoms with Crippen LogP contribution in [0.25, 0.3) is 0 Å². The fourth-order valence-corrected chi connectivity index (χ4v) is 3.02. The Morgan fingerprint density at radius 3 is 2.50 bits per heavy atom. The Hall–Kier alpha value is -1.30. The number of hydrogen-bond donors (Lipinski definition) is 2. The van der Waals surface area contributed by atoms with Gasteiger partial charge in [0.2, 0.25) is 0 Å². The predicted molar refractivity (Wildman–Crippen MR) is 83.5 cm³/mol. The van der Waals surface area contributed by atoms with Crippen LogP contribution >= 0.6 is 11.5 Å². The van der Waals surface area contributed by atoms with Crippen LogP contribution in [-0.2, 0) is 19.3 Å². The summed E-state index contributed by atoms with van der Waals surface area (Å²) >= 11 is 1.45. The Morgan fingerprint density at radius 1 is 1.20 bits per heavy atom. The molecule has 1 aromatic heterocycles. The van der Waals surface area contributed by atoms with E-state index in [1.54, 1.807) is 0 Å². The van der Waals surface area contributed by atoms with E-state index in [-0.39, 0.29) is 6.04 Å². The normalized spacial score (nSPS) is 12.6. The Labute approximate surface area is 124 Å². The van der Waals surface area contributed by atoms with Crippen LogP contribution in [0.5, 0.6) is 0 Å². The topological polar surface area (TPSA) is 63.8 Å². The molecule has 4 nitrogen and oxygen atoms in total. The quantitative estimate of drug-likeness (QED) is 0.608. The molecule has 108 valence electrons. The third-order valence-corrected chi connectivity index (χ3v) is 4.34. The monoisotopic (exact) mass is 290 g/mol. The summed E-state index contributed by atoms with van der Waals surface area (Å²) in [7, 11) is 0. The number of aromatic nitrogens is 2. The minimum atomic E-state index is 0.0871. The SMILES string of the molecule is CCCc1nnsc1C(Cc1ccc(CC)cc1)NN. The third kappa shape index (κ3) is 3.62. The van der Waals surface area contributed by atoms with E-state index in [0.29, 0.717) is 0 Å². The Bertz CT molecular complexity index is 521. The second kappa shape index (κ2) is 7.47. The zero-order chi connectivity index (χ0) is 14.4. The van der Waals surface area contributed by atoms with Gasteiger partial charge in [-0.1, -0.05) is 49.0 Å². The van der Waals surface area contributed by atoms with Gasteiger partial charge in [0.15, 0.2) is 0 Å². The number of hydrazine groups is 1. The molecule has 0 amide bonds. The van der Waals surface area contributed by atoms with Crippen LogP contribution in [0.4, 0.5) is 0 Å². The van der Waals surface area contributed by atoms with Gasteiger partial charge in [-0.05, 0) is 41.9 Å². The van der Waals surface area contributed by atoms with Crippen molar-refractivity contribution >= 4 is 11.5 Å². The summed E-state index contributed by atoms with van der Waals surface area (Å²) in [6.07, 6.45) is 3.96. The maximum Gasteiger partial charge on any atom is 0.0804 e. The Balaban J connectivity index is 2.13. The Morgan fingerprint density at radius 2 is 1.90 bits per heavy atom. The van der Waals surface area contributed by atoms with Crippen molar-refractivity contribution in [3.05, 3.63) is 46.0 Å². The van der Waals surface area contributed by atoms with E-state index in [4.69, 9.17) is 5.84 Å². The molecule has 1 aromatic carbocycles. The molecule has 0 fully saturated rings. The van der Waals surface area contributed by atoms with E-state index in [1.807, 2.05) is 0 Å². The van der Waals surface area contributed by atoms with Crippen LogP contribution in [0.3, 0.4) is 0 Å². The highest BCUT2D eigenvalue weighted by atomic mass is 32.1. The number of benzene rings is 1. The van der Waals surface area contributed by atoms with Gasteiger partial charge in [-0.25, -0.2) is 0 Å². The number of nitrogens with two attached hydrogens (primary N) is 1. The zero-order valence-corrected chi connectivity index (χ0v) is 12.9. The molecule has 20 heavy (non-hydrogen) atoms. The molecule has 2 rings (SSSR count). The van der Waals surface area contributed by atoms with Crippen molar-refractivity contribution in [2.45, 2.75) is 45.6 Å². The van der Waals surface area contributed by atoms with Crippen LogP contribution in [0.2, 0.25) is 0 Å². The lowest BCUT2D eigenvalue weighted by Gasteiger charge is -2.15. The molecule has 1 heterocycles. The summed E-state index contributed by atoms with van der Waals surface area (Å²) in [5, 5.41) is 4.22. The van der Waals surface area contributed by atoms with Gasteiger partial charge in [-0.3, -0.25) is 11.3 Å². The molecule has 0 bridgehead atoms.